The van der Waals surface area contributed by atoms with Gasteiger partial charge in [-0.2, -0.15) is 0 Å². The molecule has 2 unspecified atom stereocenters. The molecule has 0 bridgehead atoms. The molecule has 0 saturated carbocycles. The molecule has 0 aliphatic carbocycles. The smallest absolute Gasteiger partial charge is 0.159 e. The SMILES string of the molecule is CCC(O)C(Br)ON. The van der Waals surface area contributed by atoms with Crippen LogP contribution in [0.3, 0.4) is 0 Å². The molecule has 0 spiro atoms. The maximum atomic E-state index is 8.87. The van der Waals surface area contributed by atoms with E-state index in [1.54, 1.807) is 0 Å². The highest BCUT2D eigenvalue weighted by Crippen LogP contribution is 2.06. The Kier molecular flexibility index (Phi) is 4.45. The fourth-order valence-electron chi connectivity index (χ4n) is 0.276. The lowest BCUT2D eigenvalue weighted by Gasteiger charge is -2.11. The fourth-order valence-corrected chi connectivity index (χ4v) is 0.650. The number of aliphatic hydroxyl groups excluding tert-OH is 1. The van der Waals surface area contributed by atoms with E-state index in [1.165, 1.54) is 0 Å². The molecule has 0 aromatic heterocycles. The van der Waals surface area contributed by atoms with Crippen molar-refractivity contribution in [1.29, 1.82) is 0 Å². The lowest BCUT2D eigenvalue weighted by atomic mass is 10.3. The van der Waals surface area contributed by atoms with Crippen molar-refractivity contribution >= 4 is 15.9 Å². The molecule has 0 amide bonds. The average molecular weight is 184 g/mol. The van der Waals surface area contributed by atoms with Crippen LogP contribution in [0.4, 0.5) is 0 Å². The fraction of sp³-hybridized carbons (Fsp3) is 1.00. The van der Waals surface area contributed by atoms with Crippen molar-refractivity contribution in [2.45, 2.75) is 24.5 Å². The number of hydrogen-bond acceptors (Lipinski definition) is 3. The zero-order valence-electron chi connectivity index (χ0n) is 4.67. The van der Waals surface area contributed by atoms with Gasteiger partial charge in [-0.3, -0.25) is 4.84 Å². The van der Waals surface area contributed by atoms with Crippen LogP contribution in [0.25, 0.3) is 0 Å². The van der Waals surface area contributed by atoms with Crippen LogP contribution in [-0.4, -0.2) is 16.2 Å². The van der Waals surface area contributed by atoms with E-state index in [4.69, 9.17) is 11.0 Å². The molecule has 3 nitrogen and oxygen atoms in total. The predicted octanol–water partition coefficient (Wildman–Crippen LogP) is 0.369. The summed E-state index contributed by atoms with van der Waals surface area (Å²) in [6.07, 6.45) is 0.118. The highest BCUT2D eigenvalue weighted by molar-refractivity contribution is 9.09. The van der Waals surface area contributed by atoms with Gasteiger partial charge in [-0.25, -0.2) is 5.90 Å². The highest BCUT2D eigenvalue weighted by atomic mass is 79.9. The summed E-state index contributed by atoms with van der Waals surface area (Å²) >= 11 is 3.01. The average Bonchev–Trinajstić information content (AvgIpc) is 1.84. The Bertz CT molecular complexity index is 54.0. The van der Waals surface area contributed by atoms with Gasteiger partial charge in [0, 0.05) is 0 Å². The molecule has 0 rings (SSSR count). The molecular weight excluding hydrogens is 174 g/mol. The molecule has 50 valence electrons. The van der Waals surface area contributed by atoms with Gasteiger partial charge in [-0.15, -0.1) is 0 Å². The zero-order valence-corrected chi connectivity index (χ0v) is 6.26. The monoisotopic (exact) mass is 183 g/mol. The van der Waals surface area contributed by atoms with Crippen molar-refractivity contribution in [3.63, 3.8) is 0 Å². The Morgan fingerprint density at radius 1 is 1.88 bits per heavy atom. The number of aliphatic hydroxyl groups is 1. The topological polar surface area (TPSA) is 55.5 Å². The molecule has 0 aliphatic heterocycles. The third-order valence-corrected chi connectivity index (χ3v) is 1.68. The molecule has 3 N–H and O–H groups in total. The maximum Gasteiger partial charge on any atom is 0.159 e. The lowest BCUT2D eigenvalue weighted by molar-refractivity contribution is 0.0163. The number of alkyl halides is 1. The lowest BCUT2D eigenvalue weighted by Crippen LogP contribution is -2.24. The molecule has 0 saturated heterocycles. The van der Waals surface area contributed by atoms with E-state index in [9.17, 15) is 0 Å². The molecule has 0 heterocycles. The third kappa shape index (κ3) is 2.61. The Morgan fingerprint density at radius 2 is 2.38 bits per heavy atom. The summed E-state index contributed by atoms with van der Waals surface area (Å²) in [4.78, 5) is 4.27. The van der Waals surface area contributed by atoms with Crippen LogP contribution in [-0.2, 0) is 4.84 Å². The Morgan fingerprint density at radius 3 is 2.50 bits per heavy atom. The number of halogens is 1. The standard InChI is InChI=1S/C4H10BrNO2/c1-2-3(7)4(5)8-6/h3-4,7H,2,6H2,1H3. The van der Waals surface area contributed by atoms with Gasteiger partial charge in [0.15, 0.2) is 5.01 Å². The van der Waals surface area contributed by atoms with E-state index in [1.807, 2.05) is 6.92 Å². The normalized spacial score (nSPS) is 18.0. The first-order valence-corrected chi connectivity index (χ1v) is 3.31. The van der Waals surface area contributed by atoms with Gasteiger partial charge in [-0.05, 0) is 6.42 Å². The first kappa shape index (κ1) is 8.36. The zero-order chi connectivity index (χ0) is 6.57. The summed E-state index contributed by atoms with van der Waals surface area (Å²) in [7, 11) is 0. The van der Waals surface area contributed by atoms with Crippen molar-refractivity contribution in [2.75, 3.05) is 0 Å². The quantitative estimate of drug-likeness (QED) is 0.492. The third-order valence-electron chi connectivity index (χ3n) is 0.851. The largest absolute Gasteiger partial charge is 0.389 e. The summed E-state index contributed by atoms with van der Waals surface area (Å²) in [5.74, 6) is 4.74. The van der Waals surface area contributed by atoms with E-state index in [2.05, 4.69) is 20.8 Å². The van der Waals surface area contributed by atoms with Crippen LogP contribution in [0.2, 0.25) is 0 Å². The van der Waals surface area contributed by atoms with Gasteiger partial charge in [0.05, 0.1) is 6.10 Å². The van der Waals surface area contributed by atoms with Crippen molar-refractivity contribution in [3.05, 3.63) is 0 Å². The van der Waals surface area contributed by atoms with Gasteiger partial charge in [0.25, 0.3) is 0 Å². The minimum atomic E-state index is -0.514. The number of rotatable bonds is 3. The van der Waals surface area contributed by atoms with Crippen LogP contribution in [0.1, 0.15) is 13.3 Å². The number of hydrogen-bond donors (Lipinski definition) is 2. The van der Waals surface area contributed by atoms with Crippen LogP contribution in [0, 0.1) is 0 Å². The van der Waals surface area contributed by atoms with Gasteiger partial charge in [0.1, 0.15) is 0 Å². The summed E-state index contributed by atoms with van der Waals surface area (Å²) in [5, 5.41) is 8.44. The van der Waals surface area contributed by atoms with Crippen LogP contribution in [0.5, 0.6) is 0 Å². The van der Waals surface area contributed by atoms with E-state index in [-0.39, 0.29) is 0 Å². The second kappa shape index (κ2) is 4.26. The summed E-state index contributed by atoms with van der Waals surface area (Å²) in [5.41, 5.74) is 0. The molecule has 0 fully saturated rings. The van der Waals surface area contributed by atoms with Crippen LogP contribution < -0.4 is 5.90 Å². The van der Waals surface area contributed by atoms with E-state index in [0.29, 0.717) is 6.42 Å². The molecular formula is C4H10BrNO2. The molecule has 2 atom stereocenters. The van der Waals surface area contributed by atoms with Gasteiger partial charge in [0.2, 0.25) is 0 Å². The maximum absolute atomic E-state index is 8.87. The van der Waals surface area contributed by atoms with Crippen LogP contribution in [0.15, 0.2) is 0 Å². The van der Waals surface area contributed by atoms with Gasteiger partial charge >= 0.3 is 0 Å². The van der Waals surface area contributed by atoms with E-state index >= 15 is 0 Å². The Labute approximate surface area is 56.9 Å². The van der Waals surface area contributed by atoms with Crippen LogP contribution >= 0.6 is 15.9 Å². The molecule has 0 aromatic carbocycles. The number of nitrogens with two attached hydrogens (primary N) is 1. The van der Waals surface area contributed by atoms with Crippen molar-refractivity contribution in [1.82, 2.24) is 0 Å². The molecule has 0 radical (unpaired) electrons. The second-order valence-corrected chi connectivity index (χ2v) is 2.37. The van der Waals surface area contributed by atoms with E-state index in [0.717, 1.165) is 0 Å². The minimum Gasteiger partial charge on any atom is -0.389 e. The summed E-state index contributed by atoms with van der Waals surface area (Å²) < 4.78 is 0. The van der Waals surface area contributed by atoms with Crippen molar-refractivity contribution in [3.8, 4) is 0 Å². The minimum absolute atomic E-state index is 0.438. The summed E-state index contributed by atoms with van der Waals surface area (Å²) in [6, 6.07) is 0. The highest BCUT2D eigenvalue weighted by Gasteiger charge is 2.11. The summed E-state index contributed by atoms with van der Waals surface area (Å²) in [6.45, 7) is 1.85. The van der Waals surface area contributed by atoms with Crippen molar-refractivity contribution < 1.29 is 9.94 Å². The van der Waals surface area contributed by atoms with Crippen molar-refractivity contribution in [2.24, 2.45) is 5.90 Å². The molecule has 0 aliphatic rings. The van der Waals surface area contributed by atoms with Gasteiger partial charge < -0.3 is 5.11 Å². The Hall–Kier alpha value is 0.360. The molecule has 0 aromatic rings. The van der Waals surface area contributed by atoms with E-state index < -0.39 is 11.1 Å². The first-order chi connectivity index (χ1) is 3.72. The first-order valence-electron chi connectivity index (χ1n) is 2.40. The Balaban J connectivity index is 3.29. The van der Waals surface area contributed by atoms with Gasteiger partial charge in [-0.1, -0.05) is 22.9 Å². The predicted molar refractivity (Wildman–Crippen MR) is 34.3 cm³/mol. The second-order valence-electron chi connectivity index (χ2n) is 1.46. The molecule has 4 heteroatoms. The molecule has 8 heavy (non-hydrogen) atoms.